The van der Waals surface area contributed by atoms with Gasteiger partial charge in [-0.1, -0.05) is 31.9 Å². The van der Waals surface area contributed by atoms with Gasteiger partial charge in [-0.25, -0.2) is 0 Å². The van der Waals surface area contributed by atoms with Crippen molar-refractivity contribution in [1.29, 1.82) is 0 Å². The molecule has 0 bridgehead atoms. The summed E-state index contributed by atoms with van der Waals surface area (Å²) in [6.07, 6.45) is -0.468. The van der Waals surface area contributed by atoms with E-state index in [1.54, 1.807) is 0 Å². The number of carbonyl (C=O) groups is 1. The van der Waals surface area contributed by atoms with Crippen LogP contribution in [0.1, 0.15) is 0 Å². The molecule has 0 aromatic rings. The Labute approximate surface area is 97.3 Å². The van der Waals surface area contributed by atoms with Gasteiger partial charge < -0.3 is 20.6 Å². The van der Waals surface area contributed by atoms with Crippen molar-refractivity contribution >= 4 is 45.4 Å². The fraction of sp³-hybridized carbons (Fsp3) is 0.800. The van der Waals surface area contributed by atoms with Gasteiger partial charge in [-0.15, -0.1) is 0 Å². The standard InChI is InChI=1S/C5H10Br2NO5P/c6-2(1-14(11,12)13)3(7)4(8)5(9)10/h2-4H,1,8H2,(H,9,10)(H2,11,12,13). The number of halogens is 2. The molecule has 0 aromatic heterocycles. The first-order chi connectivity index (χ1) is 6.15. The molecule has 3 atom stereocenters. The third-order valence-electron chi connectivity index (χ3n) is 1.39. The van der Waals surface area contributed by atoms with Crippen LogP contribution >= 0.6 is 39.5 Å². The van der Waals surface area contributed by atoms with Crippen molar-refractivity contribution in [3.05, 3.63) is 0 Å². The molecule has 0 fully saturated rings. The second kappa shape index (κ2) is 5.58. The highest BCUT2D eigenvalue weighted by atomic mass is 79.9. The Hall–Kier alpha value is 0.540. The average molecular weight is 355 g/mol. The maximum absolute atomic E-state index is 10.6. The van der Waals surface area contributed by atoms with Crippen molar-refractivity contribution < 1.29 is 24.3 Å². The van der Waals surface area contributed by atoms with Gasteiger partial charge in [-0.2, -0.15) is 0 Å². The number of carboxylic acids is 1. The van der Waals surface area contributed by atoms with E-state index in [1.807, 2.05) is 0 Å². The summed E-state index contributed by atoms with van der Waals surface area (Å²) < 4.78 is 10.6. The Morgan fingerprint density at radius 2 is 1.86 bits per heavy atom. The molecule has 5 N–H and O–H groups in total. The lowest BCUT2D eigenvalue weighted by Crippen LogP contribution is -2.43. The van der Waals surface area contributed by atoms with Crippen LogP contribution in [0.2, 0.25) is 0 Å². The minimum atomic E-state index is -4.17. The summed E-state index contributed by atoms with van der Waals surface area (Å²) in [6, 6.07) is -1.22. The van der Waals surface area contributed by atoms with Crippen molar-refractivity contribution in [3.8, 4) is 0 Å². The molecule has 0 heterocycles. The molecule has 0 saturated heterocycles. The smallest absolute Gasteiger partial charge is 0.326 e. The largest absolute Gasteiger partial charge is 0.480 e. The van der Waals surface area contributed by atoms with E-state index in [1.165, 1.54) is 0 Å². The molecule has 0 aliphatic heterocycles. The predicted octanol–water partition coefficient (Wildman–Crippen LogP) is 0.103. The molecule has 0 saturated carbocycles. The van der Waals surface area contributed by atoms with Crippen LogP contribution in [-0.2, 0) is 9.36 Å². The number of hydrogen-bond acceptors (Lipinski definition) is 3. The number of carboxylic acid groups (broad SMARTS) is 1. The Kier molecular flexibility index (Phi) is 5.79. The molecule has 0 rings (SSSR count). The topological polar surface area (TPSA) is 121 Å². The lowest BCUT2D eigenvalue weighted by Gasteiger charge is -2.20. The molecule has 14 heavy (non-hydrogen) atoms. The highest BCUT2D eigenvalue weighted by molar-refractivity contribution is 9.12. The van der Waals surface area contributed by atoms with E-state index in [2.05, 4.69) is 31.9 Å². The van der Waals surface area contributed by atoms with Crippen LogP contribution in [0.3, 0.4) is 0 Å². The van der Waals surface area contributed by atoms with Gasteiger partial charge >= 0.3 is 13.6 Å². The third-order valence-corrected chi connectivity index (χ3v) is 5.57. The Balaban J connectivity index is 4.32. The zero-order chi connectivity index (χ0) is 11.5. The summed E-state index contributed by atoms with van der Waals surface area (Å²) in [5, 5.41) is 8.53. The molecule has 9 heteroatoms. The van der Waals surface area contributed by atoms with E-state index in [-0.39, 0.29) is 0 Å². The van der Waals surface area contributed by atoms with Gasteiger partial charge in [-0.05, 0) is 0 Å². The highest BCUT2D eigenvalue weighted by Crippen LogP contribution is 2.39. The second-order valence-electron chi connectivity index (χ2n) is 2.67. The van der Waals surface area contributed by atoms with Crippen molar-refractivity contribution in [2.24, 2.45) is 5.73 Å². The number of nitrogens with two attached hydrogens (primary N) is 1. The van der Waals surface area contributed by atoms with Crippen LogP contribution < -0.4 is 5.73 Å². The normalized spacial score (nSPS) is 18.6. The number of hydrogen-bond donors (Lipinski definition) is 4. The van der Waals surface area contributed by atoms with Gasteiger partial charge in [-0.3, -0.25) is 9.36 Å². The first-order valence-electron chi connectivity index (χ1n) is 3.46. The molecular weight excluding hydrogens is 345 g/mol. The first-order valence-corrected chi connectivity index (χ1v) is 7.09. The van der Waals surface area contributed by atoms with Crippen LogP contribution in [0, 0.1) is 0 Å². The van der Waals surface area contributed by atoms with E-state index < -0.39 is 35.4 Å². The molecular formula is C5H10Br2NO5P. The van der Waals surface area contributed by atoms with Gasteiger partial charge in [0.05, 0.1) is 11.0 Å². The number of alkyl halides is 2. The lowest BCUT2D eigenvalue weighted by molar-refractivity contribution is -0.138. The summed E-state index contributed by atoms with van der Waals surface area (Å²) in [4.78, 5) is 26.3. The molecule has 6 nitrogen and oxygen atoms in total. The molecule has 0 aliphatic carbocycles. The second-order valence-corrected chi connectivity index (χ2v) is 6.60. The summed E-state index contributed by atoms with van der Waals surface area (Å²) in [6.45, 7) is 0. The monoisotopic (exact) mass is 353 g/mol. The summed E-state index contributed by atoms with van der Waals surface area (Å²) >= 11 is 5.93. The predicted molar refractivity (Wildman–Crippen MR) is 58.0 cm³/mol. The fourth-order valence-corrected chi connectivity index (χ4v) is 3.53. The summed E-state index contributed by atoms with van der Waals surface area (Å²) in [5.41, 5.74) is 5.25. The van der Waals surface area contributed by atoms with Crippen molar-refractivity contribution in [1.82, 2.24) is 0 Å². The van der Waals surface area contributed by atoms with Crippen molar-refractivity contribution in [2.45, 2.75) is 15.7 Å². The minimum Gasteiger partial charge on any atom is -0.480 e. The van der Waals surface area contributed by atoms with Crippen LogP contribution in [0.25, 0.3) is 0 Å². The van der Waals surface area contributed by atoms with Gasteiger partial charge in [0, 0.05) is 4.83 Å². The van der Waals surface area contributed by atoms with Crippen molar-refractivity contribution in [2.75, 3.05) is 6.16 Å². The zero-order valence-corrected chi connectivity index (χ0v) is 10.9. The Bertz CT molecular complexity index is 257. The van der Waals surface area contributed by atoms with Crippen LogP contribution in [0.4, 0.5) is 0 Å². The average Bonchev–Trinajstić information content (AvgIpc) is 1.98. The van der Waals surface area contributed by atoms with Crippen LogP contribution in [-0.4, -0.2) is 42.7 Å². The van der Waals surface area contributed by atoms with E-state index >= 15 is 0 Å². The maximum atomic E-state index is 10.6. The number of rotatable bonds is 5. The molecule has 0 radical (unpaired) electrons. The van der Waals surface area contributed by atoms with E-state index in [9.17, 15) is 9.36 Å². The zero-order valence-electron chi connectivity index (χ0n) is 6.88. The van der Waals surface area contributed by atoms with Crippen LogP contribution in [0.15, 0.2) is 0 Å². The molecule has 0 aliphatic rings. The summed E-state index contributed by atoms with van der Waals surface area (Å²) in [7, 11) is -4.17. The van der Waals surface area contributed by atoms with E-state index in [0.717, 1.165) is 0 Å². The van der Waals surface area contributed by atoms with Gasteiger partial charge in [0.15, 0.2) is 0 Å². The summed E-state index contributed by atoms with van der Waals surface area (Å²) in [5.74, 6) is -1.23. The van der Waals surface area contributed by atoms with E-state index in [4.69, 9.17) is 20.6 Å². The van der Waals surface area contributed by atoms with Gasteiger partial charge in [0.2, 0.25) is 0 Å². The molecule has 3 unspecified atom stereocenters. The fourth-order valence-electron chi connectivity index (χ4n) is 0.689. The Morgan fingerprint density at radius 3 is 2.14 bits per heavy atom. The van der Waals surface area contributed by atoms with Gasteiger partial charge in [0.25, 0.3) is 0 Å². The number of aliphatic carboxylic acids is 1. The molecule has 0 amide bonds. The Morgan fingerprint density at radius 1 is 1.43 bits per heavy atom. The quantitative estimate of drug-likeness (QED) is 0.410. The SMILES string of the molecule is NC(C(=O)O)C(Br)C(Br)CP(=O)(O)O. The minimum absolute atomic E-state index is 0.468. The van der Waals surface area contributed by atoms with Crippen molar-refractivity contribution in [3.63, 3.8) is 0 Å². The van der Waals surface area contributed by atoms with E-state index in [0.29, 0.717) is 0 Å². The van der Waals surface area contributed by atoms with Gasteiger partial charge in [0.1, 0.15) is 6.04 Å². The molecule has 0 aromatic carbocycles. The third kappa shape index (κ3) is 5.43. The molecule has 0 spiro atoms. The first kappa shape index (κ1) is 14.5. The maximum Gasteiger partial charge on any atom is 0.326 e. The van der Waals surface area contributed by atoms with Crippen LogP contribution in [0.5, 0.6) is 0 Å². The lowest BCUT2D eigenvalue weighted by atomic mass is 10.2. The molecule has 84 valence electrons. The highest BCUT2D eigenvalue weighted by Gasteiger charge is 2.32.